The fourth-order valence-corrected chi connectivity index (χ4v) is 3.28. The molecule has 150 valence electrons. The lowest BCUT2D eigenvalue weighted by molar-refractivity contribution is 0.353. The minimum Gasteiger partial charge on any atom is -0.493 e. The van der Waals surface area contributed by atoms with Crippen LogP contribution in [0.1, 0.15) is 11.1 Å². The van der Waals surface area contributed by atoms with Crippen LogP contribution in [0.3, 0.4) is 0 Å². The van der Waals surface area contributed by atoms with Crippen LogP contribution in [0.5, 0.6) is 11.5 Å². The van der Waals surface area contributed by atoms with Crippen LogP contribution in [0.2, 0.25) is 0 Å². The molecule has 4 rings (SSSR count). The van der Waals surface area contributed by atoms with Crippen LogP contribution in [-0.4, -0.2) is 35.9 Å². The van der Waals surface area contributed by atoms with Gasteiger partial charge in [-0.05, 0) is 41.8 Å². The van der Waals surface area contributed by atoms with Gasteiger partial charge in [0.15, 0.2) is 29.0 Å². The van der Waals surface area contributed by atoms with E-state index in [0.29, 0.717) is 29.5 Å². The molecule has 0 spiro atoms. The van der Waals surface area contributed by atoms with E-state index < -0.39 is 11.6 Å². The number of methoxy groups -OCH3 is 2. The van der Waals surface area contributed by atoms with Crippen LogP contribution < -0.4 is 19.7 Å². The highest BCUT2D eigenvalue weighted by Crippen LogP contribution is 2.34. The quantitative estimate of drug-likeness (QED) is 0.704. The number of nitrogens with zero attached hydrogens (tertiary/aromatic N) is 4. The van der Waals surface area contributed by atoms with Crippen molar-refractivity contribution >= 4 is 17.5 Å². The van der Waals surface area contributed by atoms with Gasteiger partial charge in [-0.25, -0.2) is 8.78 Å². The Balaban J connectivity index is 1.55. The molecule has 0 aliphatic carbocycles. The zero-order valence-corrected chi connectivity index (χ0v) is 15.9. The summed E-state index contributed by atoms with van der Waals surface area (Å²) in [5.41, 5.74) is 2.65. The van der Waals surface area contributed by atoms with E-state index in [9.17, 15) is 8.78 Å². The molecule has 2 heterocycles. The van der Waals surface area contributed by atoms with E-state index in [1.54, 1.807) is 20.4 Å². The zero-order chi connectivity index (χ0) is 20.4. The highest BCUT2D eigenvalue weighted by Gasteiger charge is 2.21. The van der Waals surface area contributed by atoms with E-state index in [1.807, 2.05) is 12.1 Å². The van der Waals surface area contributed by atoms with E-state index in [1.165, 1.54) is 11.6 Å². The molecular weight excluding hydrogens is 380 g/mol. The lowest BCUT2D eigenvalue weighted by atomic mass is 9.99. The van der Waals surface area contributed by atoms with Crippen LogP contribution in [0.15, 0.2) is 36.5 Å². The highest BCUT2D eigenvalue weighted by atomic mass is 19.2. The molecular formula is C20H19F2N5O2. The summed E-state index contributed by atoms with van der Waals surface area (Å²) < 4.78 is 37.3. The Kier molecular flexibility index (Phi) is 5.11. The van der Waals surface area contributed by atoms with Gasteiger partial charge < -0.3 is 19.7 Å². The molecule has 0 saturated heterocycles. The lowest BCUT2D eigenvalue weighted by Crippen LogP contribution is -2.31. The van der Waals surface area contributed by atoms with Gasteiger partial charge in [0.1, 0.15) is 0 Å². The van der Waals surface area contributed by atoms with Crippen LogP contribution >= 0.6 is 0 Å². The second kappa shape index (κ2) is 7.86. The second-order valence-electron chi connectivity index (χ2n) is 6.54. The van der Waals surface area contributed by atoms with Crippen molar-refractivity contribution in [2.24, 2.45) is 0 Å². The lowest BCUT2D eigenvalue weighted by Gasteiger charge is -2.30. The first-order valence-corrected chi connectivity index (χ1v) is 8.98. The monoisotopic (exact) mass is 399 g/mol. The average Bonchev–Trinajstić information content (AvgIpc) is 2.75. The molecule has 0 amide bonds. The number of benzene rings is 2. The van der Waals surface area contributed by atoms with Gasteiger partial charge in [0.05, 0.1) is 20.4 Å². The Hall–Kier alpha value is -3.49. The van der Waals surface area contributed by atoms with Crippen molar-refractivity contribution in [1.82, 2.24) is 15.2 Å². The summed E-state index contributed by atoms with van der Waals surface area (Å²) in [5.74, 6) is 0.353. The summed E-state index contributed by atoms with van der Waals surface area (Å²) in [7, 11) is 3.23. The Morgan fingerprint density at radius 1 is 1.00 bits per heavy atom. The number of aromatic nitrogens is 3. The van der Waals surface area contributed by atoms with Crippen LogP contribution in [0.4, 0.5) is 26.2 Å². The minimum absolute atomic E-state index is 0.201. The SMILES string of the molecule is COc1cc2c(cc1OC)CN(c1cnnc(Nc3ccc(F)c(F)c3)n1)CC2. The Morgan fingerprint density at radius 2 is 1.76 bits per heavy atom. The molecule has 0 saturated carbocycles. The van der Waals surface area contributed by atoms with Gasteiger partial charge >= 0.3 is 0 Å². The van der Waals surface area contributed by atoms with Crippen molar-refractivity contribution < 1.29 is 18.3 Å². The number of rotatable bonds is 5. The predicted octanol–water partition coefficient (Wildman–Crippen LogP) is 3.47. The molecule has 3 aromatic rings. The van der Waals surface area contributed by atoms with E-state index in [2.05, 4.69) is 25.4 Å². The van der Waals surface area contributed by atoms with E-state index in [0.717, 1.165) is 30.7 Å². The third-order valence-corrected chi connectivity index (χ3v) is 4.76. The summed E-state index contributed by atoms with van der Waals surface area (Å²) in [6, 6.07) is 7.46. The van der Waals surface area contributed by atoms with Gasteiger partial charge in [0.2, 0.25) is 5.95 Å². The molecule has 1 aliphatic rings. The normalized spacial score (nSPS) is 13.0. The van der Waals surface area contributed by atoms with Gasteiger partial charge in [0.25, 0.3) is 0 Å². The Labute approximate surface area is 166 Å². The van der Waals surface area contributed by atoms with E-state index >= 15 is 0 Å². The van der Waals surface area contributed by atoms with Crippen molar-refractivity contribution in [3.05, 3.63) is 59.3 Å². The van der Waals surface area contributed by atoms with Gasteiger partial charge in [-0.3, -0.25) is 0 Å². The molecule has 0 fully saturated rings. The number of hydrogen-bond acceptors (Lipinski definition) is 7. The molecule has 0 unspecified atom stereocenters. The second-order valence-corrected chi connectivity index (χ2v) is 6.54. The third kappa shape index (κ3) is 3.89. The first kappa shape index (κ1) is 18.9. The molecule has 29 heavy (non-hydrogen) atoms. The molecule has 1 aliphatic heterocycles. The number of fused-ring (bicyclic) bond motifs is 1. The van der Waals surface area contributed by atoms with Crippen molar-refractivity contribution in [2.75, 3.05) is 31.0 Å². The molecule has 7 nitrogen and oxygen atoms in total. The standard InChI is InChI=1S/C20H19F2N5O2/c1-28-17-7-12-5-6-27(11-13(12)8-18(17)29-2)19-10-23-26-20(25-19)24-14-3-4-15(21)16(22)9-14/h3-4,7-10H,5-6,11H2,1-2H3,(H,24,25,26). The first-order chi connectivity index (χ1) is 14.1. The number of hydrogen-bond donors (Lipinski definition) is 1. The number of ether oxygens (including phenoxy) is 2. The number of anilines is 3. The fourth-order valence-electron chi connectivity index (χ4n) is 3.28. The molecule has 2 aromatic carbocycles. The zero-order valence-electron chi connectivity index (χ0n) is 15.9. The highest BCUT2D eigenvalue weighted by molar-refractivity contribution is 5.55. The fraction of sp³-hybridized carbons (Fsp3) is 0.250. The first-order valence-electron chi connectivity index (χ1n) is 8.98. The van der Waals surface area contributed by atoms with Crippen LogP contribution in [0.25, 0.3) is 0 Å². The number of halogens is 2. The smallest absolute Gasteiger partial charge is 0.249 e. The van der Waals surface area contributed by atoms with Gasteiger partial charge in [-0.2, -0.15) is 10.1 Å². The van der Waals surface area contributed by atoms with Crippen molar-refractivity contribution in [3.8, 4) is 11.5 Å². The maximum atomic E-state index is 13.4. The van der Waals surface area contributed by atoms with Crippen molar-refractivity contribution in [3.63, 3.8) is 0 Å². The Bertz CT molecular complexity index is 1050. The summed E-state index contributed by atoms with van der Waals surface area (Å²) in [4.78, 5) is 6.53. The van der Waals surface area contributed by atoms with Gasteiger partial charge in [-0.1, -0.05) is 0 Å². The Morgan fingerprint density at radius 3 is 2.48 bits per heavy atom. The topological polar surface area (TPSA) is 72.4 Å². The summed E-state index contributed by atoms with van der Waals surface area (Å²) in [6.45, 7) is 1.37. The minimum atomic E-state index is -0.948. The molecule has 0 radical (unpaired) electrons. The molecule has 0 bridgehead atoms. The summed E-state index contributed by atoms with van der Waals surface area (Å²) in [5, 5.41) is 10.8. The third-order valence-electron chi connectivity index (χ3n) is 4.76. The maximum Gasteiger partial charge on any atom is 0.249 e. The molecule has 1 N–H and O–H groups in total. The predicted molar refractivity (Wildman–Crippen MR) is 104 cm³/mol. The van der Waals surface area contributed by atoms with E-state index in [4.69, 9.17) is 9.47 Å². The van der Waals surface area contributed by atoms with Crippen LogP contribution in [0, 0.1) is 11.6 Å². The van der Waals surface area contributed by atoms with Crippen LogP contribution in [-0.2, 0) is 13.0 Å². The average molecular weight is 399 g/mol. The molecule has 9 heteroatoms. The summed E-state index contributed by atoms with van der Waals surface area (Å²) in [6.07, 6.45) is 2.38. The van der Waals surface area contributed by atoms with E-state index in [-0.39, 0.29) is 5.95 Å². The maximum absolute atomic E-state index is 13.4. The largest absolute Gasteiger partial charge is 0.493 e. The van der Waals surface area contributed by atoms with Crippen molar-refractivity contribution in [1.29, 1.82) is 0 Å². The van der Waals surface area contributed by atoms with Gasteiger partial charge in [-0.15, -0.1) is 5.10 Å². The molecule has 0 atom stereocenters. The van der Waals surface area contributed by atoms with Crippen molar-refractivity contribution in [2.45, 2.75) is 13.0 Å². The van der Waals surface area contributed by atoms with Gasteiger partial charge in [0, 0.05) is 24.8 Å². The summed E-state index contributed by atoms with van der Waals surface area (Å²) >= 11 is 0. The molecule has 1 aromatic heterocycles. The number of nitrogens with one attached hydrogen (secondary N) is 1.